The molecule has 7 heteroatoms. The Bertz CT molecular complexity index is 1200. The first-order valence-electron chi connectivity index (χ1n) is 9.93. The number of nitrogens with zero attached hydrogens (tertiary/aromatic N) is 3. The molecule has 0 amide bonds. The third kappa shape index (κ3) is 3.36. The van der Waals surface area contributed by atoms with Crippen molar-refractivity contribution in [2.45, 2.75) is 12.8 Å². The molecule has 154 valence electrons. The first-order valence-corrected chi connectivity index (χ1v) is 9.93. The molecule has 2 heterocycles. The SMILES string of the molecule is CNCCC1=C2C(=O)C(=O)C(=c3ccc4c(c3O)C(CCN(C)C)=CN=4)C=C2N=C1. The zero-order chi connectivity index (χ0) is 21.4. The summed E-state index contributed by atoms with van der Waals surface area (Å²) in [5, 5.41) is 15.1. The highest BCUT2D eigenvalue weighted by molar-refractivity contribution is 6.60. The Hall–Kier alpha value is -3.16. The van der Waals surface area contributed by atoms with Crippen LogP contribution in [0, 0.1) is 0 Å². The van der Waals surface area contributed by atoms with Gasteiger partial charge in [0.05, 0.1) is 16.6 Å². The van der Waals surface area contributed by atoms with Crippen molar-refractivity contribution in [2.75, 3.05) is 34.2 Å². The van der Waals surface area contributed by atoms with Crippen molar-refractivity contribution in [1.82, 2.24) is 10.2 Å². The van der Waals surface area contributed by atoms with Crippen LogP contribution in [0.15, 0.2) is 51.2 Å². The molecular formula is C23H24N4O3. The van der Waals surface area contributed by atoms with E-state index in [0.29, 0.717) is 40.4 Å². The number of benzene rings is 1. The number of phenols is 1. The molecule has 0 saturated heterocycles. The lowest BCUT2D eigenvalue weighted by molar-refractivity contribution is -0.131. The normalized spacial score (nSPS) is 19.2. The van der Waals surface area contributed by atoms with E-state index in [2.05, 4.69) is 20.2 Å². The van der Waals surface area contributed by atoms with E-state index in [9.17, 15) is 14.7 Å². The van der Waals surface area contributed by atoms with Crippen molar-refractivity contribution >= 4 is 28.9 Å². The smallest absolute Gasteiger partial charge is 0.236 e. The minimum atomic E-state index is -0.620. The molecule has 0 bridgehead atoms. The van der Waals surface area contributed by atoms with Crippen LogP contribution in [0.2, 0.25) is 0 Å². The van der Waals surface area contributed by atoms with E-state index in [1.54, 1.807) is 30.6 Å². The number of nitrogens with one attached hydrogen (secondary N) is 1. The van der Waals surface area contributed by atoms with Crippen molar-refractivity contribution in [2.24, 2.45) is 9.98 Å². The molecule has 0 radical (unpaired) electrons. The van der Waals surface area contributed by atoms with Crippen molar-refractivity contribution in [3.8, 4) is 5.75 Å². The van der Waals surface area contributed by atoms with Crippen LogP contribution in [0.5, 0.6) is 5.75 Å². The lowest BCUT2D eigenvalue weighted by Crippen LogP contribution is -2.28. The van der Waals surface area contributed by atoms with Gasteiger partial charge in [0.1, 0.15) is 5.75 Å². The molecule has 1 aliphatic carbocycles. The van der Waals surface area contributed by atoms with Gasteiger partial charge in [0.25, 0.3) is 0 Å². The molecule has 1 aromatic rings. The number of phenolic OH excluding ortho intramolecular Hbond substituents is 1. The van der Waals surface area contributed by atoms with Crippen LogP contribution in [-0.4, -0.2) is 62.0 Å². The van der Waals surface area contributed by atoms with E-state index in [1.807, 2.05) is 21.1 Å². The summed E-state index contributed by atoms with van der Waals surface area (Å²) in [6, 6.07) is 3.42. The number of Topliss-reactive ketones (excluding diaryl/α,β-unsaturated/α-hetero) is 2. The average Bonchev–Trinajstić information content (AvgIpc) is 3.32. The van der Waals surface area contributed by atoms with Gasteiger partial charge < -0.3 is 15.3 Å². The van der Waals surface area contributed by atoms with Crippen molar-refractivity contribution < 1.29 is 14.7 Å². The number of hydrogen-bond acceptors (Lipinski definition) is 7. The predicted molar refractivity (Wildman–Crippen MR) is 116 cm³/mol. The van der Waals surface area contributed by atoms with Crippen molar-refractivity contribution in [3.05, 3.63) is 57.4 Å². The molecule has 30 heavy (non-hydrogen) atoms. The van der Waals surface area contributed by atoms with Gasteiger partial charge in [-0.25, -0.2) is 0 Å². The van der Waals surface area contributed by atoms with Gasteiger partial charge in [0.2, 0.25) is 11.6 Å². The van der Waals surface area contributed by atoms with Gasteiger partial charge in [0.15, 0.2) is 0 Å². The Morgan fingerprint density at radius 1 is 1.13 bits per heavy atom. The number of carbonyl (C=O) groups excluding carboxylic acids is 2. The summed E-state index contributed by atoms with van der Waals surface area (Å²) < 4.78 is 0. The molecule has 1 aromatic carbocycles. The first-order chi connectivity index (χ1) is 14.4. The Kier molecular flexibility index (Phi) is 5.32. The van der Waals surface area contributed by atoms with Crippen LogP contribution in [0.3, 0.4) is 0 Å². The lowest BCUT2D eigenvalue weighted by atomic mass is 9.88. The molecule has 0 aromatic heterocycles. The monoisotopic (exact) mass is 404 g/mol. The maximum Gasteiger partial charge on any atom is 0.236 e. The molecule has 2 N–H and O–H groups in total. The topological polar surface area (TPSA) is 94.4 Å². The fraction of sp³-hybridized carbons (Fsp3) is 0.304. The second-order valence-electron chi connectivity index (χ2n) is 7.81. The summed E-state index contributed by atoms with van der Waals surface area (Å²) in [5.74, 6) is -1.21. The summed E-state index contributed by atoms with van der Waals surface area (Å²) in [6.07, 6.45) is 6.35. The van der Waals surface area contributed by atoms with Crippen LogP contribution >= 0.6 is 0 Å². The molecule has 4 rings (SSSR count). The van der Waals surface area contributed by atoms with Crippen LogP contribution < -0.4 is 15.9 Å². The highest BCUT2D eigenvalue weighted by atomic mass is 16.3. The fourth-order valence-corrected chi connectivity index (χ4v) is 3.87. The molecular weight excluding hydrogens is 380 g/mol. The average molecular weight is 404 g/mol. The molecule has 0 unspecified atom stereocenters. The Morgan fingerprint density at radius 3 is 2.67 bits per heavy atom. The van der Waals surface area contributed by atoms with Gasteiger partial charge in [-0.2, -0.15) is 0 Å². The standard InChI is InChI=1S/C23H24N4O3/c1-24-8-6-13-11-26-18-10-16(22(29)23(30)20(13)18)15-4-5-17-19(21(15)28)14(12-25-17)7-9-27(2)3/h4-5,10-12,24,28H,6-9H2,1-3H3. The molecule has 0 atom stereocenters. The third-order valence-electron chi connectivity index (χ3n) is 5.50. The highest BCUT2D eigenvalue weighted by Crippen LogP contribution is 2.32. The van der Waals surface area contributed by atoms with Gasteiger partial charge in [-0.05, 0) is 69.9 Å². The summed E-state index contributed by atoms with van der Waals surface area (Å²) in [6.45, 7) is 1.49. The lowest BCUT2D eigenvalue weighted by Gasteiger charge is -2.15. The summed E-state index contributed by atoms with van der Waals surface area (Å²) in [7, 11) is 5.80. The number of aromatic hydroxyl groups is 1. The molecule has 2 aliphatic heterocycles. The zero-order valence-corrected chi connectivity index (χ0v) is 17.3. The van der Waals surface area contributed by atoms with E-state index in [-0.39, 0.29) is 11.3 Å². The number of rotatable bonds is 6. The first kappa shape index (κ1) is 20.1. The molecule has 7 nitrogen and oxygen atoms in total. The van der Waals surface area contributed by atoms with Gasteiger partial charge in [-0.3, -0.25) is 19.6 Å². The van der Waals surface area contributed by atoms with E-state index >= 15 is 0 Å². The van der Waals surface area contributed by atoms with Crippen LogP contribution in [0.4, 0.5) is 0 Å². The summed E-state index contributed by atoms with van der Waals surface area (Å²) in [4.78, 5) is 36.6. The molecule has 0 saturated carbocycles. The Balaban J connectivity index is 1.83. The maximum atomic E-state index is 12.9. The number of ketones is 2. The predicted octanol–water partition coefficient (Wildman–Crippen LogP) is 0.495. The largest absolute Gasteiger partial charge is 0.507 e. The van der Waals surface area contributed by atoms with Gasteiger partial charge in [0, 0.05) is 35.3 Å². The van der Waals surface area contributed by atoms with E-state index in [0.717, 1.165) is 24.1 Å². The van der Waals surface area contributed by atoms with Crippen LogP contribution in [0.25, 0.3) is 11.1 Å². The second-order valence-corrected chi connectivity index (χ2v) is 7.81. The molecule has 0 fully saturated rings. The summed E-state index contributed by atoms with van der Waals surface area (Å²) >= 11 is 0. The van der Waals surface area contributed by atoms with Gasteiger partial charge in [-0.15, -0.1) is 0 Å². The van der Waals surface area contributed by atoms with Crippen LogP contribution in [-0.2, 0) is 9.59 Å². The molecule has 3 aliphatic rings. The molecule has 0 spiro atoms. The van der Waals surface area contributed by atoms with E-state index < -0.39 is 11.6 Å². The van der Waals surface area contributed by atoms with Crippen molar-refractivity contribution in [3.63, 3.8) is 0 Å². The number of aliphatic imine (C=N–C) groups is 1. The quantitative estimate of drug-likeness (QED) is 0.674. The zero-order valence-electron chi connectivity index (χ0n) is 17.3. The number of hydrogen-bond donors (Lipinski definition) is 2. The minimum Gasteiger partial charge on any atom is -0.507 e. The second kappa shape index (κ2) is 7.93. The number of carbonyl (C=O) groups is 2. The van der Waals surface area contributed by atoms with Gasteiger partial charge in [-0.1, -0.05) is 0 Å². The number of allylic oxidation sites excluding steroid dienone is 2. The maximum absolute atomic E-state index is 12.9. The highest BCUT2D eigenvalue weighted by Gasteiger charge is 2.34. The summed E-state index contributed by atoms with van der Waals surface area (Å²) in [5.41, 5.74) is 3.33. The van der Waals surface area contributed by atoms with E-state index in [1.165, 1.54) is 0 Å². The third-order valence-corrected chi connectivity index (χ3v) is 5.50. The minimum absolute atomic E-state index is 0.0171. The van der Waals surface area contributed by atoms with Gasteiger partial charge >= 0.3 is 0 Å². The van der Waals surface area contributed by atoms with E-state index in [4.69, 9.17) is 0 Å². The van der Waals surface area contributed by atoms with Crippen LogP contribution in [0.1, 0.15) is 18.4 Å². The Labute approximate surface area is 174 Å². The fourth-order valence-electron chi connectivity index (χ4n) is 3.87. The Morgan fingerprint density at radius 2 is 1.93 bits per heavy atom. The number of fused-ring (bicyclic) bond motifs is 2. The van der Waals surface area contributed by atoms with Crippen molar-refractivity contribution in [1.29, 1.82) is 0 Å².